The molecule has 88 valence electrons. The van der Waals surface area contributed by atoms with Gasteiger partial charge >= 0.3 is 5.97 Å². The van der Waals surface area contributed by atoms with E-state index in [0.29, 0.717) is 0 Å². The van der Waals surface area contributed by atoms with Crippen molar-refractivity contribution in [1.82, 2.24) is 15.5 Å². The van der Waals surface area contributed by atoms with Crippen LogP contribution in [0.25, 0.3) is 0 Å². The van der Waals surface area contributed by atoms with Crippen molar-refractivity contribution in [3.05, 3.63) is 17.5 Å². The summed E-state index contributed by atoms with van der Waals surface area (Å²) in [6, 6.07) is 1.65. The van der Waals surface area contributed by atoms with Gasteiger partial charge in [-0.2, -0.15) is 5.10 Å². The van der Waals surface area contributed by atoms with E-state index in [1.54, 1.807) is 6.07 Å². The number of nitrogens with zero attached hydrogens (tertiary/aromatic N) is 1. The molecule has 6 nitrogen and oxygen atoms in total. The highest BCUT2D eigenvalue weighted by Crippen LogP contribution is 2.00. The van der Waals surface area contributed by atoms with E-state index in [1.165, 1.54) is 6.92 Å². The predicted molar refractivity (Wildman–Crippen MR) is 57.1 cm³/mol. The number of aryl methyl sites for hydroxylation is 1. The highest BCUT2D eigenvalue weighted by Gasteiger charge is 2.14. The molecular weight excluding hydrogens is 210 g/mol. The average molecular weight is 225 g/mol. The van der Waals surface area contributed by atoms with E-state index in [4.69, 9.17) is 5.11 Å². The van der Waals surface area contributed by atoms with Gasteiger partial charge in [0.2, 0.25) is 0 Å². The van der Waals surface area contributed by atoms with Crippen LogP contribution in [-0.4, -0.2) is 33.7 Å². The molecule has 1 unspecified atom stereocenters. The number of H-pyrrole nitrogens is 1. The molecule has 0 fully saturated rings. The Morgan fingerprint density at radius 1 is 1.62 bits per heavy atom. The smallest absolute Gasteiger partial charge is 0.308 e. The lowest BCUT2D eigenvalue weighted by atomic mass is 10.2. The van der Waals surface area contributed by atoms with Crippen LogP contribution in [0.4, 0.5) is 0 Å². The second kappa shape index (κ2) is 5.29. The number of carbonyl (C=O) groups is 2. The summed E-state index contributed by atoms with van der Waals surface area (Å²) in [5.74, 6) is -1.89. The minimum Gasteiger partial charge on any atom is -0.481 e. The molecule has 0 saturated heterocycles. The van der Waals surface area contributed by atoms with E-state index in [0.717, 1.165) is 12.1 Å². The van der Waals surface area contributed by atoms with Crippen molar-refractivity contribution in [2.45, 2.75) is 20.3 Å². The molecule has 3 N–H and O–H groups in total. The zero-order valence-electron chi connectivity index (χ0n) is 9.28. The number of hydrogen-bond donors (Lipinski definition) is 3. The van der Waals surface area contributed by atoms with Gasteiger partial charge in [-0.25, -0.2) is 0 Å². The lowest BCUT2D eigenvalue weighted by molar-refractivity contribution is -0.140. The van der Waals surface area contributed by atoms with Crippen LogP contribution in [0, 0.1) is 5.92 Å². The molecule has 0 radical (unpaired) electrons. The molecule has 1 aromatic rings. The normalized spacial score (nSPS) is 12.1. The van der Waals surface area contributed by atoms with E-state index in [1.807, 2.05) is 6.92 Å². The monoisotopic (exact) mass is 225 g/mol. The molecule has 0 bridgehead atoms. The van der Waals surface area contributed by atoms with Crippen LogP contribution in [0.15, 0.2) is 6.07 Å². The number of aromatic nitrogens is 2. The van der Waals surface area contributed by atoms with Crippen LogP contribution in [0.3, 0.4) is 0 Å². The summed E-state index contributed by atoms with van der Waals surface area (Å²) < 4.78 is 0. The van der Waals surface area contributed by atoms with Gasteiger partial charge in [0, 0.05) is 12.2 Å². The largest absolute Gasteiger partial charge is 0.481 e. The topological polar surface area (TPSA) is 95.1 Å². The standard InChI is InChI=1S/C10H15N3O3/c1-3-7-4-8(13-12-7)9(14)11-5-6(2)10(15)16/h4,6H,3,5H2,1-2H3,(H,11,14)(H,12,13)(H,15,16). The molecular formula is C10H15N3O3. The van der Waals surface area contributed by atoms with Crippen molar-refractivity contribution in [2.24, 2.45) is 5.92 Å². The highest BCUT2D eigenvalue weighted by atomic mass is 16.4. The fourth-order valence-corrected chi connectivity index (χ4v) is 1.08. The molecule has 0 aliphatic carbocycles. The van der Waals surface area contributed by atoms with E-state index >= 15 is 0 Å². The van der Waals surface area contributed by atoms with Crippen LogP contribution < -0.4 is 5.32 Å². The summed E-state index contributed by atoms with van der Waals surface area (Å²) in [5, 5.41) is 17.7. The molecule has 1 aromatic heterocycles. The molecule has 1 rings (SSSR count). The van der Waals surface area contributed by atoms with E-state index in [2.05, 4.69) is 15.5 Å². The van der Waals surface area contributed by atoms with E-state index in [-0.39, 0.29) is 18.1 Å². The fourth-order valence-electron chi connectivity index (χ4n) is 1.08. The summed E-state index contributed by atoms with van der Waals surface area (Å²) in [7, 11) is 0. The van der Waals surface area contributed by atoms with Gasteiger partial charge in [-0.1, -0.05) is 13.8 Å². The number of hydrogen-bond acceptors (Lipinski definition) is 3. The van der Waals surface area contributed by atoms with Gasteiger partial charge in [0.1, 0.15) is 5.69 Å². The maximum atomic E-state index is 11.5. The van der Waals surface area contributed by atoms with Gasteiger partial charge < -0.3 is 10.4 Å². The summed E-state index contributed by atoms with van der Waals surface area (Å²) >= 11 is 0. The number of aromatic amines is 1. The minimum absolute atomic E-state index is 0.0997. The first-order chi connectivity index (χ1) is 7.54. The third kappa shape index (κ3) is 3.08. The van der Waals surface area contributed by atoms with Gasteiger partial charge in [0.25, 0.3) is 5.91 Å². The van der Waals surface area contributed by atoms with Crippen LogP contribution >= 0.6 is 0 Å². The van der Waals surface area contributed by atoms with E-state index in [9.17, 15) is 9.59 Å². The third-order valence-corrected chi connectivity index (χ3v) is 2.23. The number of nitrogens with one attached hydrogen (secondary N) is 2. The number of amides is 1. The number of carboxylic acid groups (broad SMARTS) is 1. The summed E-state index contributed by atoms with van der Waals surface area (Å²) in [5.41, 5.74) is 1.16. The molecule has 0 aromatic carbocycles. The average Bonchev–Trinajstić information content (AvgIpc) is 2.73. The van der Waals surface area contributed by atoms with Gasteiger partial charge in [0.05, 0.1) is 5.92 Å². The van der Waals surface area contributed by atoms with Crippen molar-refractivity contribution in [1.29, 1.82) is 0 Å². The Bertz CT molecular complexity index is 386. The quantitative estimate of drug-likeness (QED) is 0.676. The zero-order chi connectivity index (χ0) is 12.1. The molecule has 1 heterocycles. The van der Waals surface area contributed by atoms with Crippen molar-refractivity contribution in [3.63, 3.8) is 0 Å². The Morgan fingerprint density at radius 3 is 2.81 bits per heavy atom. The number of aliphatic carboxylic acids is 1. The van der Waals surface area contributed by atoms with Crippen molar-refractivity contribution in [3.8, 4) is 0 Å². The molecule has 0 aliphatic rings. The number of carboxylic acids is 1. The van der Waals surface area contributed by atoms with Crippen molar-refractivity contribution >= 4 is 11.9 Å². The molecule has 6 heteroatoms. The Hall–Kier alpha value is -1.85. The van der Waals surface area contributed by atoms with Crippen LogP contribution in [-0.2, 0) is 11.2 Å². The van der Waals surface area contributed by atoms with Gasteiger partial charge in [-0.3, -0.25) is 14.7 Å². The Morgan fingerprint density at radius 2 is 2.31 bits per heavy atom. The molecule has 0 spiro atoms. The Labute approximate surface area is 93.1 Å². The second-order valence-electron chi connectivity index (χ2n) is 3.58. The minimum atomic E-state index is -0.934. The molecule has 1 amide bonds. The maximum absolute atomic E-state index is 11.5. The second-order valence-corrected chi connectivity index (χ2v) is 3.58. The van der Waals surface area contributed by atoms with Gasteiger partial charge in [0.15, 0.2) is 0 Å². The van der Waals surface area contributed by atoms with E-state index < -0.39 is 11.9 Å². The number of carbonyl (C=O) groups excluding carboxylic acids is 1. The Kier molecular flexibility index (Phi) is 4.04. The van der Waals surface area contributed by atoms with Crippen LogP contribution in [0.1, 0.15) is 30.0 Å². The summed E-state index contributed by atoms with van der Waals surface area (Å²) in [6.45, 7) is 3.58. The molecule has 16 heavy (non-hydrogen) atoms. The Balaban J connectivity index is 2.49. The summed E-state index contributed by atoms with van der Waals surface area (Å²) in [4.78, 5) is 22.0. The van der Waals surface area contributed by atoms with Crippen molar-refractivity contribution in [2.75, 3.05) is 6.54 Å². The first-order valence-corrected chi connectivity index (χ1v) is 5.09. The summed E-state index contributed by atoms with van der Waals surface area (Å²) in [6.07, 6.45) is 0.770. The fraction of sp³-hybridized carbons (Fsp3) is 0.500. The van der Waals surface area contributed by atoms with Crippen LogP contribution in [0.5, 0.6) is 0 Å². The van der Waals surface area contributed by atoms with Crippen LogP contribution in [0.2, 0.25) is 0 Å². The predicted octanol–water partition coefficient (Wildman–Crippen LogP) is 0.423. The SMILES string of the molecule is CCc1cc(C(=O)NCC(C)C(=O)O)n[nH]1. The highest BCUT2D eigenvalue weighted by molar-refractivity contribution is 5.92. The maximum Gasteiger partial charge on any atom is 0.308 e. The number of rotatable bonds is 5. The molecule has 1 atom stereocenters. The van der Waals surface area contributed by atoms with Gasteiger partial charge in [-0.05, 0) is 12.5 Å². The van der Waals surface area contributed by atoms with Crippen molar-refractivity contribution < 1.29 is 14.7 Å². The van der Waals surface area contributed by atoms with Gasteiger partial charge in [-0.15, -0.1) is 0 Å². The first-order valence-electron chi connectivity index (χ1n) is 5.09. The first kappa shape index (κ1) is 12.2. The third-order valence-electron chi connectivity index (χ3n) is 2.23. The lowest BCUT2D eigenvalue weighted by Crippen LogP contribution is -2.31. The molecule has 0 aliphatic heterocycles. The lowest BCUT2D eigenvalue weighted by Gasteiger charge is -2.06. The zero-order valence-corrected chi connectivity index (χ0v) is 9.28. The molecule has 0 saturated carbocycles.